The molecule has 1 aromatic carbocycles. The number of hydrogen-bond donors (Lipinski definition) is 1. The standard InChI is InChI=1S/C17H15NO4/c1-10-5-7-12(8-6-10)18-15(13-4-3-9-22-13)14(11(2)19)16(20)17(18)21/h3-9,15,20H,1-2H3/t15-/m0/s1. The lowest BCUT2D eigenvalue weighted by atomic mass is 10.0. The monoisotopic (exact) mass is 297 g/mol. The zero-order valence-corrected chi connectivity index (χ0v) is 12.2. The van der Waals surface area contributed by atoms with Crippen LogP contribution in [0.4, 0.5) is 5.69 Å². The second kappa shape index (κ2) is 5.18. The van der Waals surface area contributed by atoms with Gasteiger partial charge in [0, 0.05) is 5.69 Å². The number of aliphatic hydroxyl groups is 1. The van der Waals surface area contributed by atoms with E-state index in [1.54, 1.807) is 24.3 Å². The summed E-state index contributed by atoms with van der Waals surface area (Å²) in [6.07, 6.45) is 1.47. The normalized spacial score (nSPS) is 18.2. The van der Waals surface area contributed by atoms with Crippen LogP contribution in [0.1, 0.15) is 24.3 Å². The highest BCUT2D eigenvalue weighted by Crippen LogP contribution is 2.40. The number of nitrogens with zero attached hydrogens (tertiary/aromatic N) is 1. The van der Waals surface area contributed by atoms with E-state index < -0.39 is 17.7 Å². The van der Waals surface area contributed by atoms with Gasteiger partial charge in [-0.2, -0.15) is 0 Å². The first-order valence-electron chi connectivity index (χ1n) is 6.88. The molecule has 0 aliphatic carbocycles. The molecule has 22 heavy (non-hydrogen) atoms. The van der Waals surface area contributed by atoms with Crippen LogP contribution in [0.5, 0.6) is 0 Å². The second-order valence-corrected chi connectivity index (χ2v) is 5.25. The molecule has 0 saturated carbocycles. The minimum atomic E-state index is -0.747. The molecule has 0 saturated heterocycles. The SMILES string of the molecule is CC(=O)C1=C(O)C(=O)N(c2ccc(C)cc2)[C@H]1c1ccco1. The summed E-state index contributed by atoms with van der Waals surface area (Å²) in [5, 5.41) is 10.1. The Morgan fingerprint density at radius 1 is 1.23 bits per heavy atom. The molecule has 0 spiro atoms. The predicted octanol–water partition coefficient (Wildman–Crippen LogP) is 3.08. The van der Waals surface area contributed by atoms with Gasteiger partial charge >= 0.3 is 0 Å². The van der Waals surface area contributed by atoms with Crippen LogP contribution in [0.25, 0.3) is 0 Å². The number of anilines is 1. The minimum Gasteiger partial charge on any atom is -0.503 e. The molecule has 0 radical (unpaired) electrons. The van der Waals surface area contributed by atoms with Gasteiger partial charge in [0.15, 0.2) is 11.5 Å². The summed E-state index contributed by atoms with van der Waals surface area (Å²) in [5.74, 6) is -1.05. The van der Waals surface area contributed by atoms with E-state index in [4.69, 9.17) is 4.42 Å². The van der Waals surface area contributed by atoms with Gasteiger partial charge in [-0.15, -0.1) is 0 Å². The summed E-state index contributed by atoms with van der Waals surface area (Å²) in [7, 11) is 0. The Kier molecular flexibility index (Phi) is 3.33. The number of ketones is 1. The van der Waals surface area contributed by atoms with Crippen LogP contribution >= 0.6 is 0 Å². The van der Waals surface area contributed by atoms with Crippen molar-refractivity contribution >= 4 is 17.4 Å². The smallest absolute Gasteiger partial charge is 0.294 e. The number of amides is 1. The van der Waals surface area contributed by atoms with Crippen LogP contribution in [-0.4, -0.2) is 16.8 Å². The number of aryl methyl sites for hydroxylation is 1. The van der Waals surface area contributed by atoms with Crippen LogP contribution in [0, 0.1) is 6.92 Å². The summed E-state index contributed by atoms with van der Waals surface area (Å²) in [6.45, 7) is 3.27. The number of hydrogen-bond acceptors (Lipinski definition) is 4. The average molecular weight is 297 g/mol. The maximum Gasteiger partial charge on any atom is 0.294 e. The summed E-state index contributed by atoms with van der Waals surface area (Å²) < 4.78 is 5.38. The van der Waals surface area contributed by atoms with Gasteiger partial charge in [-0.25, -0.2) is 0 Å². The third-order valence-electron chi connectivity index (χ3n) is 3.71. The second-order valence-electron chi connectivity index (χ2n) is 5.25. The van der Waals surface area contributed by atoms with Crippen molar-refractivity contribution in [3.63, 3.8) is 0 Å². The molecule has 0 fully saturated rings. The number of furan rings is 1. The molecule has 0 bridgehead atoms. The van der Waals surface area contributed by atoms with E-state index in [1.807, 2.05) is 19.1 Å². The molecule has 2 aromatic rings. The maximum absolute atomic E-state index is 12.4. The van der Waals surface area contributed by atoms with Crippen molar-refractivity contribution in [1.82, 2.24) is 0 Å². The molecule has 5 heteroatoms. The third kappa shape index (κ3) is 2.11. The fraction of sp³-hybridized carbons (Fsp3) is 0.176. The zero-order valence-electron chi connectivity index (χ0n) is 12.2. The van der Waals surface area contributed by atoms with Gasteiger partial charge in [-0.1, -0.05) is 17.7 Å². The highest BCUT2D eigenvalue weighted by atomic mass is 16.3. The van der Waals surface area contributed by atoms with Crippen molar-refractivity contribution < 1.29 is 19.1 Å². The largest absolute Gasteiger partial charge is 0.503 e. The number of rotatable bonds is 3. The quantitative estimate of drug-likeness (QED) is 0.945. The topological polar surface area (TPSA) is 70.8 Å². The van der Waals surface area contributed by atoms with Crippen molar-refractivity contribution in [1.29, 1.82) is 0 Å². The van der Waals surface area contributed by atoms with Crippen molar-refractivity contribution in [3.05, 3.63) is 65.3 Å². The molecule has 1 aliphatic heterocycles. The lowest BCUT2D eigenvalue weighted by molar-refractivity contribution is -0.117. The van der Waals surface area contributed by atoms with Crippen molar-refractivity contribution in [2.75, 3.05) is 4.90 Å². The fourth-order valence-electron chi connectivity index (χ4n) is 2.65. The Labute approximate surface area is 127 Å². The van der Waals surface area contributed by atoms with Gasteiger partial charge in [0.1, 0.15) is 11.8 Å². The predicted molar refractivity (Wildman–Crippen MR) is 80.4 cm³/mol. The molecule has 1 aromatic heterocycles. The number of Topliss-reactive ketones (excluding diaryl/α,β-unsaturated/α-hetero) is 1. The van der Waals surface area contributed by atoms with Gasteiger partial charge in [0.05, 0.1) is 11.8 Å². The number of carbonyl (C=O) groups excluding carboxylic acids is 2. The van der Waals surface area contributed by atoms with Gasteiger partial charge in [0.25, 0.3) is 5.91 Å². The number of benzene rings is 1. The molecule has 1 N–H and O–H groups in total. The summed E-state index contributed by atoms with van der Waals surface area (Å²) in [6, 6.07) is 9.90. The molecule has 112 valence electrons. The number of aliphatic hydroxyl groups excluding tert-OH is 1. The van der Waals surface area contributed by atoms with E-state index in [1.165, 1.54) is 18.1 Å². The Morgan fingerprint density at radius 3 is 2.45 bits per heavy atom. The van der Waals surface area contributed by atoms with Crippen molar-refractivity contribution in [2.45, 2.75) is 19.9 Å². The number of carbonyl (C=O) groups is 2. The average Bonchev–Trinajstić information content (AvgIpc) is 3.08. The molecular weight excluding hydrogens is 282 g/mol. The van der Waals surface area contributed by atoms with Gasteiger partial charge < -0.3 is 9.52 Å². The van der Waals surface area contributed by atoms with E-state index in [-0.39, 0.29) is 11.4 Å². The van der Waals surface area contributed by atoms with Crippen LogP contribution < -0.4 is 4.90 Å². The minimum absolute atomic E-state index is 0.0560. The van der Waals surface area contributed by atoms with Crippen LogP contribution in [0.2, 0.25) is 0 Å². The molecule has 1 atom stereocenters. The van der Waals surface area contributed by atoms with E-state index in [0.29, 0.717) is 11.4 Å². The zero-order chi connectivity index (χ0) is 15.9. The highest BCUT2D eigenvalue weighted by molar-refractivity contribution is 6.15. The van der Waals surface area contributed by atoms with Crippen molar-refractivity contribution in [2.24, 2.45) is 0 Å². The molecular formula is C17H15NO4. The Morgan fingerprint density at radius 2 is 1.91 bits per heavy atom. The van der Waals surface area contributed by atoms with E-state index in [9.17, 15) is 14.7 Å². The molecule has 5 nitrogen and oxygen atoms in total. The van der Waals surface area contributed by atoms with Crippen molar-refractivity contribution in [3.8, 4) is 0 Å². The van der Waals surface area contributed by atoms with Crippen LogP contribution in [0.3, 0.4) is 0 Å². The summed E-state index contributed by atoms with van der Waals surface area (Å²) in [5.41, 5.74) is 1.70. The van der Waals surface area contributed by atoms with Crippen LogP contribution in [-0.2, 0) is 9.59 Å². The highest BCUT2D eigenvalue weighted by Gasteiger charge is 2.44. The molecule has 0 unspecified atom stereocenters. The van der Waals surface area contributed by atoms with E-state index in [2.05, 4.69) is 0 Å². The Balaban J connectivity index is 2.15. The van der Waals surface area contributed by atoms with E-state index in [0.717, 1.165) is 5.56 Å². The van der Waals surface area contributed by atoms with Gasteiger partial charge in [-0.3, -0.25) is 14.5 Å². The molecule has 1 amide bonds. The lowest BCUT2D eigenvalue weighted by Gasteiger charge is -2.24. The maximum atomic E-state index is 12.4. The van der Waals surface area contributed by atoms with Gasteiger partial charge in [0.2, 0.25) is 0 Å². The Bertz CT molecular complexity index is 756. The molecule has 3 rings (SSSR count). The molecule has 2 heterocycles. The lowest BCUT2D eigenvalue weighted by Crippen LogP contribution is -2.30. The first-order chi connectivity index (χ1) is 10.5. The van der Waals surface area contributed by atoms with E-state index >= 15 is 0 Å². The first-order valence-corrected chi connectivity index (χ1v) is 6.88. The summed E-state index contributed by atoms with van der Waals surface area (Å²) in [4.78, 5) is 25.7. The Hall–Kier alpha value is -2.82. The third-order valence-corrected chi connectivity index (χ3v) is 3.71. The first kappa shape index (κ1) is 14.1. The molecule has 1 aliphatic rings. The summed E-state index contributed by atoms with van der Waals surface area (Å²) >= 11 is 0. The van der Waals surface area contributed by atoms with Gasteiger partial charge in [-0.05, 0) is 38.1 Å². The fourth-order valence-corrected chi connectivity index (χ4v) is 2.65. The van der Waals surface area contributed by atoms with Crippen LogP contribution in [0.15, 0.2) is 58.4 Å².